The van der Waals surface area contributed by atoms with Crippen LogP contribution in [0.15, 0.2) is 11.9 Å². The van der Waals surface area contributed by atoms with Crippen LogP contribution >= 0.6 is 0 Å². The number of ether oxygens (including phenoxy) is 1. The summed E-state index contributed by atoms with van der Waals surface area (Å²) in [6.45, 7) is 0.256. The number of nitrogens with two attached hydrogens (primary N) is 1. The zero-order valence-corrected chi connectivity index (χ0v) is 4.86. The summed E-state index contributed by atoms with van der Waals surface area (Å²) in [5.41, 5.74) is 4.99. The summed E-state index contributed by atoms with van der Waals surface area (Å²) in [5.74, 6) is -0.310. The van der Waals surface area contributed by atoms with Crippen LogP contribution in [0.4, 0.5) is 4.39 Å². The van der Waals surface area contributed by atoms with Gasteiger partial charge in [-0.3, -0.25) is 0 Å². The Morgan fingerprint density at radius 2 is 2.50 bits per heavy atom. The van der Waals surface area contributed by atoms with E-state index >= 15 is 0 Å². The predicted octanol–water partition coefficient (Wildman–Crippen LogP) is 0.445. The van der Waals surface area contributed by atoms with Gasteiger partial charge >= 0.3 is 0 Å². The molecule has 0 unspecified atom stereocenters. The molecular formula is C5H10FNO. The lowest BCUT2D eigenvalue weighted by molar-refractivity contribution is 0.206. The van der Waals surface area contributed by atoms with Crippen molar-refractivity contribution in [1.29, 1.82) is 0 Å². The standard InChI is InChI=1S/C5H10FNO/c1-8-4-5(6)2-3-7/h2H,3-4,7H2,1H3/b5-2-. The average Bonchev–Trinajstić information content (AvgIpc) is 1.68. The van der Waals surface area contributed by atoms with Crippen molar-refractivity contribution in [2.75, 3.05) is 20.3 Å². The number of methoxy groups -OCH3 is 1. The lowest BCUT2D eigenvalue weighted by Gasteiger charge is -1.91. The Kier molecular flexibility index (Phi) is 4.50. The van der Waals surface area contributed by atoms with E-state index in [2.05, 4.69) is 4.74 Å². The van der Waals surface area contributed by atoms with Crippen molar-refractivity contribution in [1.82, 2.24) is 0 Å². The largest absolute Gasteiger partial charge is 0.378 e. The number of hydrogen-bond acceptors (Lipinski definition) is 2. The fraction of sp³-hybridized carbons (Fsp3) is 0.600. The van der Waals surface area contributed by atoms with Crippen molar-refractivity contribution >= 4 is 0 Å². The van der Waals surface area contributed by atoms with Crippen molar-refractivity contribution in [3.8, 4) is 0 Å². The van der Waals surface area contributed by atoms with Gasteiger partial charge in [0.1, 0.15) is 5.83 Å². The molecular weight excluding hydrogens is 109 g/mol. The second kappa shape index (κ2) is 4.74. The van der Waals surface area contributed by atoms with Gasteiger partial charge in [-0.2, -0.15) is 0 Å². The average molecular weight is 119 g/mol. The molecule has 0 heterocycles. The van der Waals surface area contributed by atoms with Crippen molar-refractivity contribution in [3.05, 3.63) is 11.9 Å². The first kappa shape index (κ1) is 7.59. The Balaban J connectivity index is 3.29. The molecule has 0 aromatic heterocycles. The Morgan fingerprint density at radius 3 is 2.88 bits per heavy atom. The van der Waals surface area contributed by atoms with E-state index in [-0.39, 0.29) is 19.0 Å². The highest BCUT2D eigenvalue weighted by Gasteiger charge is 1.87. The van der Waals surface area contributed by atoms with Crippen molar-refractivity contribution in [2.45, 2.75) is 0 Å². The lowest BCUT2D eigenvalue weighted by Crippen LogP contribution is -1.96. The topological polar surface area (TPSA) is 35.2 Å². The maximum absolute atomic E-state index is 12.1. The van der Waals surface area contributed by atoms with E-state index in [1.807, 2.05) is 0 Å². The molecule has 0 radical (unpaired) electrons. The van der Waals surface area contributed by atoms with Gasteiger partial charge in [-0.05, 0) is 6.08 Å². The quantitative estimate of drug-likeness (QED) is 0.585. The summed E-state index contributed by atoms with van der Waals surface area (Å²) in [7, 11) is 1.43. The van der Waals surface area contributed by atoms with Crippen LogP contribution in [-0.4, -0.2) is 20.3 Å². The van der Waals surface area contributed by atoms with Gasteiger partial charge in [-0.15, -0.1) is 0 Å². The summed E-state index contributed by atoms with van der Waals surface area (Å²) in [4.78, 5) is 0. The normalized spacial score (nSPS) is 12.1. The molecule has 8 heavy (non-hydrogen) atoms. The van der Waals surface area contributed by atoms with E-state index < -0.39 is 0 Å². The van der Waals surface area contributed by atoms with E-state index in [9.17, 15) is 4.39 Å². The first-order valence-corrected chi connectivity index (χ1v) is 2.34. The summed E-state index contributed by atoms with van der Waals surface area (Å²) in [6, 6.07) is 0. The van der Waals surface area contributed by atoms with Crippen LogP contribution in [0.3, 0.4) is 0 Å². The Labute approximate surface area is 48.1 Å². The maximum Gasteiger partial charge on any atom is 0.123 e. The monoisotopic (exact) mass is 119 g/mol. The third kappa shape index (κ3) is 3.77. The van der Waals surface area contributed by atoms with Gasteiger partial charge < -0.3 is 10.5 Å². The molecule has 0 aromatic carbocycles. The molecule has 2 nitrogen and oxygen atoms in total. The minimum atomic E-state index is -0.310. The molecule has 0 aliphatic rings. The molecule has 0 amide bonds. The molecule has 0 bridgehead atoms. The smallest absolute Gasteiger partial charge is 0.123 e. The first-order valence-electron chi connectivity index (χ1n) is 2.34. The highest BCUT2D eigenvalue weighted by Crippen LogP contribution is 1.92. The molecule has 48 valence electrons. The third-order valence-corrected chi connectivity index (χ3v) is 0.622. The highest BCUT2D eigenvalue weighted by atomic mass is 19.1. The lowest BCUT2D eigenvalue weighted by atomic mass is 10.5. The minimum Gasteiger partial charge on any atom is -0.378 e. The SMILES string of the molecule is COC/C(F)=C/CN. The number of rotatable bonds is 3. The Hall–Kier alpha value is -0.410. The van der Waals surface area contributed by atoms with Gasteiger partial charge in [0, 0.05) is 13.7 Å². The van der Waals surface area contributed by atoms with E-state index in [4.69, 9.17) is 5.73 Å². The Morgan fingerprint density at radius 1 is 1.88 bits per heavy atom. The fourth-order valence-electron chi connectivity index (χ4n) is 0.325. The molecule has 3 heteroatoms. The van der Waals surface area contributed by atoms with Crippen LogP contribution in [0.5, 0.6) is 0 Å². The third-order valence-electron chi connectivity index (χ3n) is 0.622. The zero-order chi connectivity index (χ0) is 6.41. The molecule has 0 rings (SSSR count). The Bertz CT molecular complexity index is 82.5. The second-order valence-corrected chi connectivity index (χ2v) is 1.32. The molecule has 0 saturated carbocycles. The summed E-state index contributed by atoms with van der Waals surface area (Å²) < 4.78 is 16.5. The predicted molar refractivity (Wildman–Crippen MR) is 30.1 cm³/mol. The zero-order valence-electron chi connectivity index (χ0n) is 4.86. The van der Waals surface area contributed by atoms with Crippen LogP contribution in [0.2, 0.25) is 0 Å². The number of halogens is 1. The van der Waals surface area contributed by atoms with Gasteiger partial charge in [0.25, 0.3) is 0 Å². The first-order chi connectivity index (χ1) is 3.81. The van der Waals surface area contributed by atoms with E-state index in [1.165, 1.54) is 13.2 Å². The minimum absolute atomic E-state index is 0.0250. The molecule has 0 spiro atoms. The van der Waals surface area contributed by atoms with Crippen molar-refractivity contribution in [2.24, 2.45) is 5.73 Å². The molecule has 0 aliphatic carbocycles. The van der Waals surface area contributed by atoms with Gasteiger partial charge in [0.05, 0.1) is 6.61 Å². The maximum atomic E-state index is 12.1. The molecule has 0 fully saturated rings. The van der Waals surface area contributed by atoms with Gasteiger partial charge in [-0.25, -0.2) is 4.39 Å². The number of hydrogen-bond donors (Lipinski definition) is 1. The second-order valence-electron chi connectivity index (χ2n) is 1.32. The molecule has 0 saturated heterocycles. The van der Waals surface area contributed by atoms with E-state index in [1.54, 1.807) is 0 Å². The van der Waals surface area contributed by atoms with Crippen LogP contribution in [0, 0.1) is 0 Å². The summed E-state index contributed by atoms with van der Waals surface area (Å²) >= 11 is 0. The van der Waals surface area contributed by atoms with Crippen LogP contribution in [0.25, 0.3) is 0 Å². The van der Waals surface area contributed by atoms with Crippen LogP contribution < -0.4 is 5.73 Å². The van der Waals surface area contributed by atoms with Crippen molar-refractivity contribution < 1.29 is 9.13 Å². The van der Waals surface area contributed by atoms with Gasteiger partial charge in [0.15, 0.2) is 0 Å². The van der Waals surface area contributed by atoms with Crippen molar-refractivity contribution in [3.63, 3.8) is 0 Å². The summed E-state index contributed by atoms with van der Waals surface area (Å²) in [5, 5.41) is 0. The summed E-state index contributed by atoms with van der Waals surface area (Å²) in [6.07, 6.45) is 1.28. The molecule has 0 aliphatic heterocycles. The van der Waals surface area contributed by atoms with E-state index in [0.717, 1.165) is 0 Å². The van der Waals surface area contributed by atoms with Crippen LogP contribution in [0.1, 0.15) is 0 Å². The molecule has 2 N–H and O–H groups in total. The van der Waals surface area contributed by atoms with Gasteiger partial charge in [-0.1, -0.05) is 0 Å². The van der Waals surface area contributed by atoms with Crippen LogP contribution in [-0.2, 0) is 4.74 Å². The highest BCUT2D eigenvalue weighted by molar-refractivity contribution is 4.91. The van der Waals surface area contributed by atoms with E-state index in [0.29, 0.717) is 0 Å². The molecule has 0 atom stereocenters. The fourth-order valence-corrected chi connectivity index (χ4v) is 0.325. The molecule has 0 aromatic rings. The van der Waals surface area contributed by atoms with Gasteiger partial charge in [0.2, 0.25) is 0 Å².